The predicted octanol–water partition coefficient (Wildman–Crippen LogP) is 4.62. The van der Waals surface area contributed by atoms with Crippen LogP contribution < -0.4 is 10.6 Å². The van der Waals surface area contributed by atoms with E-state index in [1.54, 1.807) is 24.4 Å². The molecule has 0 bridgehead atoms. The van der Waals surface area contributed by atoms with Crippen LogP contribution in [0.15, 0.2) is 48.7 Å². The number of hydrogen-bond donors (Lipinski definition) is 2. The standard InChI is InChI=1S/C19H20FN5/c1-3-13-8-7-9-14(4-2)18(13)23-17-12-21-25-19(24-17)22-16-11-6-5-10-15(16)20/h5-12H,3-4H2,1-2H3,(H2,22,23,24,25). The van der Waals surface area contributed by atoms with Gasteiger partial charge < -0.3 is 10.6 Å². The first-order valence-electron chi connectivity index (χ1n) is 8.30. The SMILES string of the molecule is CCc1cccc(CC)c1Nc1cnnc(Nc2ccccc2F)n1. The molecular formula is C19H20FN5. The van der Waals surface area contributed by atoms with Crippen LogP contribution in [0.4, 0.5) is 27.5 Å². The maximum atomic E-state index is 13.8. The maximum Gasteiger partial charge on any atom is 0.249 e. The van der Waals surface area contributed by atoms with Crippen molar-refractivity contribution in [1.82, 2.24) is 15.2 Å². The fourth-order valence-electron chi connectivity index (χ4n) is 2.63. The summed E-state index contributed by atoms with van der Waals surface area (Å²) in [6, 6.07) is 12.6. The summed E-state index contributed by atoms with van der Waals surface area (Å²) < 4.78 is 13.8. The molecule has 5 nitrogen and oxygen atoms in total. The molecule has 0 atom stereocenters. The molecule has 6 heteroatoms. The van der Waals surface area contributed by atoms with Crippen LogP contribution in [-0.2, 0) is 12.8 Å². The van der Waals surface area contributed by atoms with Crippen LogP contribution in [0.25, 0.3) is 0 Å². The normalized spacial score (nSPS) is 10.5. The van der Waals surface area contributed by atoms with Gasteiger partial charge in [0.1, 0.15) is 5.82 Å². The van der Waals surface area contributed by atoms with Gasteiger partial charge >= 0.3 is 0 Å². The zero-order chi connectivity index (χ0) is 17.6. The monoisotopic (exact) mass is 337 g/mol. The van der Waals surface area contributed by atoms with Gasteiger partial charge in [0.2, 0.25) is 5.95 Å². The van der Waals surface area contributed by atoms with Gasteiger partial charge in [0.05, 0.1) is 11.9 Å². The van der Waals surface area contributed by atoms with E-state index in [1.807, 2.05) is 0 Å². The average molecular weight is 337 g/mol. The van der Waals surface area contributed by atoms with Crippen LogP contribution in [0, 0.1) is 5.82 Å². The van der Waals surface area contributed by atoms with Crippen LogP contribution in [0.1, 0.15) is 25.0 Å². The summed E-state index contributed by atoms with van der Waals surface area (Å²) in [5.74, 6) is 0.431. The summed E-state index contributed by atoms with van der Waals surface area (Å²) in [7, 11) is 0. The third-order valence-electron chi connectivity index (χ3n) is 3.93. The zero-order valence-corrected chi connectivity index (χ0v) is 14.3. The number of rotatable bonds is 6. The van der Waals surface area contributed by atoms with E-state index in [-0.39, 0.29) is 11.8 Å². The fourth-order valence-corrected chi connectivity index (χ4v) is 2.63. The van der Waals surface area contributed by atoms with Crippen molar-refractivity contribution < 1.29 is 4.39 Å². The highest BCUT2D eigenvalue weighted by Crippen LogP contribution is 2.26. The van der Waals surface area contributed by atoms with Gasteiger partial charge in [-0.15, -0.1) is 5.10 Å². The molecule has 2 aromatic carbocycles. The lowest BCUT2D eigenvalue weighted by atomic mass is 10.0. The zero-order valence-electron chi connectivity index (χ0n) is 14.3. The summed E-state index contributed by atoms with van der Waals surface area (Å²) in [5.41, 5.74) is 3.78. The Balaban J connectivity index is 1.87. The maximum absolute atomic E-state index is 13.8. The number of aromatic nitrogens is 3. The topological polar surface area (TPSA) is 62.7 Å². The molecule has 0 radical (unpaired) electrons. The summed E-state index contributed by atoms with van der Waals surface area (Å²) in [5, 5.41) is 14.1. The van der Waals surface area contributed by atoms with Crippen molar-refractivity contribution in [1.29, 1.82) is 0 Å². The molecule has 0 amide bonds. The Morgan fingerprint density at radius 2 is 1.64 bits per heavy atom. The molecule has 0 unspecified atom stereocenters. The third kappa shape index (κ3) is 3.91. The minimum Gasteiger partial charge on any atom is -0.338 e. The van der Waals surface area contributed by atoms with Crippen molar-refractivity contribution in [2.45, 2.75) is 26.7 Å². The van der Waals surface area contributed by atoms with Crippen LogP contribution in [0.3, 0.4) is 0 Å². The van der Waals surface area contributed by atoms with Gasteiger partial charge in [-0.05, 0) is 36.1 Å². The quantitative estimate of drug-likeness (QED) is 0.687. The summed E-state index contributed by atoms with van der Waals surface area (Å²) in [4.78, 5) is 4.39. The number of anilines is 4. The van der Waals surface area contributed by atoms with Crippen molar-refractivity contribution in [3.63, 3.8) is 0 Å². The second-order valence-corrected chi connectivity index (χ2v) is 5.55. The van der Waals surface area contributed by atoms with E-state index < -0.39 is 0 Å². The number of aryl methyl sites for hydroxylation is 2. The Morgan fingerprint density at radius 1 is 0.920 bits per heavy atom. The average Bonchev–Trinajstić information content (AvgIpc) is 2.64. The van der Waals surface area contributed by atoms with Crippen LogP contribution in [0.5, 0.6) is 0 Å². The van der Waals surface area contributed by atoms with Gasteiger partial charge in [0, 0.05) is 5.69 Å². The highest BCUT2D eigenvalue weighted by atomic mass is 19.1. The van der Waals surface area contributed by atoms with Gasteiger partial charge in [-0.3, -0.25) is 0 Å². The lowest BCUT2D eigenvalue weighted by molar-refractivity contribution is 0.631. The van der Waals surface area contributed by atoms with Gasteiger partial charge in [0.25, 0.3) is 0 Å². The van der Waals surface area contributed by atoms with E-state index in [9.17, 15) is 4.39 Å². The molecule has 2 N–H and O–H groups in total. The van der Waals surface area contributed by atoms with Crippen molar-refractivity contribution in [3.05, 3.63) is 65.6 Å². The first kappa shape index (κ1) is 16.8. The van der Waals surface area contributed by atoms with Crippen molar-refractivity contribution in [2.24, 2.45) is 0 Å². The number of para-hydroxylation sites is 2. The molecule has 0 saturated carbocycles. The highest BCUT2D eigenvalue weighted by Gasteiger charge is 2.09. The Hall–Kier alpha value is -3.02. The van der Waals surface area contributed by atoms with E-state index in [2.05, 4.69) is 57.9 Å². The second-order valence-electron chi connectivity index (χ2n) is 5.55. The van der Waals surface area contributed by atoms with E-state index in [0.29, 0.717) is 11.5 Å². The van der Waals surface area contributed by atoms with E-state index >= 15 is 0 Å². The minimum absolute atomic E-state index is 0.238. The molecule has 0 aliphatic carbocycles. The Kier molecular flexibility index (Phi) is 5.18. The lowest BCUT2D eigenvalue weighted by Crippen LogP contribution is -2.05. The molecule has 1 aromatic heterocycles. The molecule has 0 aliphatic heterocycles. The van der Waals surface area contributed by atoms with Crippen molar-refractivity contribution >= 4 is 23.1 Å². The lowest BCUT2D eigenvalue weighted by Gasteiger charge is -2.15. The molecule has 1 heterocycles. The Labute approximate surface area is 146 Å². The van der Waals surface area contributed by atoms with E-state index in [1.165, 1.54) is 17.2 Å². The first-order chi connectivity index (χ1) is 12.2. The van der Waals surface area contributed by atoms with E-state index in [0.717, 1.165) is 18.5 Å². The minimum atomic E-state index is -0.367. The third-order valence-corrected chi connectivity index (χ3v) is 3.93. The predicted molar refractivity (Wildman–Crippen MR) is 98.0 cm³/mol. The van der Waals surface area contributed by atoms with Gasteiger partial charge in [-0.2, -0.15) is 10.1 Å². The second kappa shape index (κ2) is 7.70. The van der Waals surface area contributed by atoms with Gasteiger partial charge in [-0.1, -0.05) is 44.2 Å². The van der Waals surface area contributed by atoms with Crippen LogP contribution >= 0.6 is 0 Å². The smallest absolute Gasteiger partial charge is 0.249 e. The van der Waals surface area contributed by atoms with Crippen LogP contribution in [-0.4, -0.2) is 15.2 Å². The molecule has 0 spiro atoms. The molecule has 0 aliphatic rings. The number of nitrogens with zero attached hydrogens (tertiary/aromatic N) is 3. The van der Waals surface area contributed by atoms with Gasteiger partial charge in [-0.25, -0.2) is 4.39 Å². The Morgan fingerprint density at radius 3 is 2.32 bits per heavy atom. The van der Waals surface area contributed by atoms with Crippen molar-refractivity contribution in [2.75, 3.05) is 10.6 Å². The molecule has 0 saturated heterocycles. The number of halogens is 1. The summed E-state index contributed by atoms with van der Waals surface area (Å²) >= 11 is 0. The molecule has 3 aromatic rings. The van der Waals surface area contributed by atoms with Gasteiger partial charge in [0.15, 0.2) is 5.82 Å². The van der Waals surface area contributed by atoms with Crippen molar-refractivity contribution in [3.8, 4) is 0 Å². The molecule has 3 rings (SSSR count). The number of benzene rings is 2. The Bertz CT molecular complexity index is 844. The summed E-state index contributed by atoms with van der Waals surface area (Å²) in [6.45, 7) is 4.23. The van der Waals surface area contributed by atoms with Crippen LogP contribution in [0.2, 0.25) is 0 Å². The molecule has 128 valence electrons. The number of nitrogens with one attached hydrogen (secondary N) is 2. The van der Waals surface area contributed by atoms with E-state index in [4.69, 9.17) is 0 Å². The first-order valence-corrected chi connectivity index (χ1v) is 8.30. The largest absolute Gasteiger partial charge is 0.338 e. The molecule has 25 heavy (non-hydrogen) atoms. The highest BCUT2D eigenvalue weighted by molar-refractivity contribution is 5.65. The summed E-state index contributed by atoms with van der Waals surface area (Å²) in [6.07, 6.45) is 3.38. The fraction of sp³-hybridized carbons (Fsp3) is 0.211. The molecule has 0 fully saturated rings. The number of hydrogen-bond acceptors (Lipinski definition) is 5. The molecular weight excluding hydrogens is 317 g/mol.